The Hall–Kier alpha value is -2.84. The SMILES string of the molecule is Cn1cnc(S(=O)(=O)N2CC(C(CC(=O)c3ccc(F)cc3)c3ccccc3)C2)c1. The Morgan fingerprint density at radius 2 is 1.80 bits per heavy atom. The molecule has 0 saturated carbocycles. The van der Waals surface area contributed by atoms with Crippen molar-refractivity contribution in [3.05, 3.63) is 84.1 Å². The van der Waals surface area contributed by atoms with E-state index in [1.807, 2.05) is 30.3 Å². The first kappa shape index (κ1) is 20.4. The van der Waals surface area contributed by atoms with E-state index in [2.05, 4.69) is 4.98 Å². The van der Waals surface area contributed by atoms with Crippen LogP contribution in [0.25, 0.3) is 0 Å². The standard InChI is InChI=1S/C22H22FN3O3S/c1-25-14-22(24-15-25)30(28,29)26-12-18(13-26)20(16-5-3-2-4-6-16)11-21(27)17-7-9-19(23)10-8-17/h2-10,14-15,18,20H,11-13H2,1H3. The van der Waals surface area contributed by atoms with Gasteiger partial charge in [-0.05, 0) is 41.7 Å². The van der Waals surface area contributed by atoms with Crippen LogP contribution in [0.1, 0.15) is 28.3 Å². The summed E-state index contributed by atoms with van der Waals surface area (Å²) in [4.78, 5) is 16.8. The molecule has 1 saturated heterocycles. The summed E-state index contributed by atoms with van der Waals surface area (Å²) in [5.41, 5.74) is 1.45. The summed E-state index contributed by atoms with van der Waals surface area (Å²) in [6.45, 7) is 0.657. The number of hydrogen-bond acceptors (Lipinski definition) is 4. The highest BCUT2D eigenvalue weighted by atomic mass is 32.2. The minimum absolute atomic E-state index is 0.00952. The number of benzene rings is 2. The molecule has 0 radical (unpaired) electrons. The van der Waals surface area contributed by atoms with E-state index < -0.39 is 10.0 Å². The van der Waals surface area contributed by atoms with Crippen LogP contribution < -0.4 is 0 Å². The van der Waals surface area contributed by atoms with Crippen molar-refractivity contribution >= 4 is 15.8 Å². The van der Waals surface area contributed by atoms with E-state index in [1.165, 1.54) is 41.1 Å². The number of imidazole rings is 1. The third kappa shape index (κ3) is 4.06. The van der Waals surface area contributed by atoms with E-state index >= 15 is 0 Å². The van der Waals surface area contributed by atoms with Crippen LogP contribution in [0.4, 0.5) is 4.39 Å². The molecule has 1 aliphatic rings. The van der Waals surface area contributed by atoms with E-state index in [0.717, 1.165) is 5.56 Å². The number of hydrogen-bond donors (Lipinski definition) is 0. The van der Waals surface area contributed by atoms with Crippen molar-refractivity contribution in [2.45, 2.75) is 17.4 Å². The van der Waals surface area contributed by atoms with Crippen molar-refractivity contribution in [3.8, 4) is 0 Å². The molecule has 0 aliphatic carbocycles. The lowest BCUT2D eigenvalue weighted by Crippen LogP contribution is -2.52. The van der Waals surface area contributed by atoms with Crippen LogP contribution in [0.2, 0.25) is 0 Å². The van der Waals surface area contributed by atoms with Crippen LogP contribution in [-0.4, -0.2) is 41.1 Å². The molecule has 30 heavy (non-hydrogen) atoms. The van der Waals surface area contributed by atoms with Gasteiger partial charge in [0.05, 0.1) is 6.33 Å². The molecule has 1 unspecified atom stereocenters. The van der Waals surface area contributed by atoms with Gasteiger partial charge < -0.3 is 4.57 Å². The zero-order chi connectivity index (χ0) is 21.3. The third-order valence-corrected chi connectivity index (χ3v) is 7.25. The van der Waals surface area contributed by atoms with E-state index in [-0.39, 0.29) is 34.9 Å². The second kappa shape index (κ2) is 8.12. The predicted octanol–water partition coefficient (Wildman–Crippen LogP) is 3.24. The molecule has 0 spiro atoms. The Kier molecular flexibility index (Phi) is 5.53. The molecular weight excluding hydrogens is 405 g/mol. The minimum Gasteiger partial charge on any atom is -0.339 e. The van der Waals surface area contributed by atoms with Crippen LogP contribution in [-0.2, 0) is 17.1 Å². The number of carbonyl (C=O) groups is 1. The van der Waals surface area contributed by atoms with Gasteiger partial charge in [0, 0.05) is 38.3 Å². The fourth-order valence-electron chi connectivity index (χ4n) is 3.78. The number of aromatic nitrogens is 2. The second-order valence-corrected chi connectivity index (χ2v) is 9.50. The molecule has 1 aliphatic heterocycles. The van der Waals surface area contributed by atoms with Crippen molar-refractivity contribution in [3.63, 3.8) is 0 Å². The molecule has 1 fully saturated rings. The number of halogens is 1. The highest BCUT2D eigenvalue weighted by Crippen LogP contribution is 2.37. The largest absolute Gasteiger partial charge is 0.339 e. The Bertz CT molecular complexity index is 1140. The fraction of sp³-hybridized carbons (Fsp3) is 0.273. The summed E-state index contributed by atoms with van der Waals surface area (Å²) in [7, 11) is -1.92. The number of Topliss-reactive ketones (excluding diaryl/α,β-unsaturated/α-hetero) is 1. The molecule has 2 aromatic carbocycles. The average molecular weight is 428 g/mol. The lowest BCUT2D eigenvalue weighted by Gasteiger charge is -2.42. The van der Waals surface area contributed by atoms with Gasteiger partial charge in [0.25, 0.3) is 10.0 Å². The number of rotatable bonds is 7. The normalized spacial score (nSPS) is 16.2. The van der Waals surface area contributed by atoms with Gasteiger partial charge in [-0.2, -0.15) is 4.31 Å². The van der Waals surface area contributed by atoms with Crippen LogP contribution in [0, 0.1) is 11.7 Å². The van der Waals surface area contributed by atoms with Gasteiger partial charge in [-0.1, -0.05) is 30.3 Å². The molecule has 0 bridgehead atoms. The maximum absolute atomic E-state index is 13.2. The van der Waals surface area contributed by atoms with E-state index in [1.54, 1.807) is 11.6 Å². The highest BCUT2D eigenvalue weighted by molar-refractivity contribution is 7.89. The van der Waals surface area contributed by atoms with Gasteiger partial charge in [-0.3, -0.25) is 4.79 Å². The maximum Gasteiger partial charge on any atom is 0.262 e. The van der Waals surface area contributed by atoms with Gasteiger partial charge >= 0.3 is 0 Å². The zero-order valence-corrected chi connectivity index (χ0v) is 17.3. The fourth-order valence-corrected chi connectivity index (χ4v) is 5.30. The molecule has 3 aromatic rings. The van der Waals surface area contributed by atoms with Crippen LogP contribution in [0.15, 0.2) is 72.1 Å². The number of ketones is 1. The molecule has 8 heteroatoms. The smallest absolute Gasteiger partial charge is 0.262 e. The Balaban J connectivity index is 1.52. The predicted molar refractivity (Wildman–Crippen MR) is 110 cm³/mol. The first-order valence-electron chi connectivity index (χ1n) is 9.66. The average Bonchev–Trinajstić information content (AvgIpc) is 3.14. The summed E-state index contributed by atoms with van der Waals surface area (Å²) >= 11 is 0. The summed E-state index contributed by atoms with van der Waals surface area (Å²) in [5, 5.41) is 0.0297. The van der Waals surface area contributed by atoms with Gasteiger partial charge in [0.1, 0.15) is 5.82 Å². The van der Waals surface area contributed by atoms with Crippen LogP contribution in [0.5, 0.6) is 0 Å². The summed E-state index contributed by atoms with van der Waals surface area (Å²) in [6, 6.07) is 15.1. The molecule has 4 rings (SSSR count). The van der Waals surface area contributed by atoms with Crippen molar-refractivity contribution in [1.82, 2.24) is 13.9 Å². The summed E-state index contributed by atoms with van der Waals surface area (Å²) in [5.74, 6) is -0.593. The molecule has 0 N–H and O–H groups in total. The van der Waals surface area contributed by atoms with Gasteiger partial charge in [-0.15, -0.1) is 0 Å². The molecule has 6 nitrogen and oxygen atoms in total. The van der Waals surface area contributed by atoms with E-state index in [9.17, 15) is 17.6 Å². The van der Waals surface area contributed by atoms with E-state index in [0.29, 0.717) is 18.7 Å². The molecule has 1 aromatic heterocycles. The van der Waals surface area contributed by atoms with Crippen molar-refractivity contribution < 1.29 is 17.6 Å². The molecule has 2 heterocycles. The van der Waals surface area contributed by atoms with Crippen molar-refractivity contribution in [2.24, 2.45) is 13.0 Å². The number of carbonyl (C=O) groups excluding carboxylic acids is 1. The summed E-state index contributed by atoms with van der Waals surface area (Å²) in [6.07, 6.45) is 3.17. The van der Waals surface area contributed by atoms with Crippen LogP contribution >= 0.6 is 0 Å². The number of aryl methyl sites for hydroxylation is 1. The third-order valence-electron chi connectivity index (χ3n) is 5.53. The zero-order valence-electron chi connectivity index (χ0n) is 16.5. The van der Waals surface area contributed by atoms with Gasteiger partial charge in [0.2, 0.25) is 0 Å². The topological polar surface area (TPSA) is 72.3 Å². The first-order chi connectivity index (χ1) is 14.3. The van der Waals surface area contributed by atoms with Crippen molar-refractivity contribution in [2.75, 3.05) is 13.1 Å². The highest BCUT2D eigenvalue weighted by Gasteiger charge is 2.42. The maximum atomic E-state index is 13.2. The van der Waals surface area contributed by atoms with Gasteiger partial charge in [0.15, 0.2) is 10.8 Å². The van der Waals surface area contributed by atoms with Crippen molar-refractivity contribution in [1.29, 1.82) is 0 Å². The quantitative estimate of drug-likeness (QED) is 0.543. The molecule has 156 valence electrons. The van der Waals surface area contributed by atoms with Gasteiger partial charge in [-0.25, -0.2) is 17.8 Å². The number of nitrogens with zero attached hydrogens (tertiary/aromatic N) is 3. The lowest BCUT2D eigenvalue weighted by atomic mass is 9.78. The first-order valence-corrected chi connectivity index (χ1v) is 11.1. The Labute approximate surface area is 175 Å². The Morgan fingerprint density at radius 1 is 1.13 bits per heavy atom. The molecule has 1 atom stereocenters. The molecular formula is C22H22FN3O3S. The van der Waals surface area contributed by atoms with E-state index in [4.69, 9.17) is 0 Å². The minimum atomic E-state index is -3.64. The second-order valence-electron chi connectivity index (χ2n) is 7.61. The lowest BCUT2D eigenvalue weighted by molar-refractivity contribution is 0.0931. The van der Waals surface area contributed by atoms with Crippen LogP contribution in [0.3, 0.4) is 0 Å². The monoisotopic (exact) mass is 427 g/mol. The molecule has 0 amide bonds. The number of sulfonamides is 1. The Morgan fingerprint density at radius 3 is 2.40 bits per heavy atom. The summed E-state index contributed by atoms with van der Waals surface area (Å²) < 4.78 is 41.7.